The maximum absolute atomic E-state index is 9.41. The van der Waals surface area contributed by atoms with Gasteiger partial charge in [0.1, 0.15) is 6.10 Å². The van der Waals surface area contributed by atoms with E-state index in [4.69, 9.17) is 18.9 Å². The number of hydrogen-bond acceptors (Lipinski definition) is 6. The number of nitrogens with one attached hydrogen (secondary N) is 1. The molecule has 106 valence electrons. The molecule has 0 bridgehead atoms. The fourth-order valence-corrected chi connectivity index (χ4v) is 2.63. The molecule has 5 atom stereocenters. The van der Waals surface area contributed by atoms with Crippen molar-refractivity contribution >= 4 is 0 Å². The summed E-state index contributed by atoms with van der Waals surface area (Å²) in [5, 5.41) is 12.6. The summed E-state index contributed by atoms with van der Waals surface area (Å²) in [6, 6.07) is 0. The van der Waals surface area contributed by atoms with Crippen LogP contribution in [0.1, 0.15) is 13.8 Å². The predicted molar refractivity (Wildman–Crippen MR) is 64.0 cm³/mol. The summed E-state index contributed by atoms with van der Waals surface area (Å²) >= 11 is 0. The van der Waals surface area contributed by atoms with Crippen molar-refractivity contribution in [3.8, 4) is 0 Å². The molecule has 2 N–H and O–H groups in total. The molecule has 0 amide bonds. The van der Waals surface area contributed by atoms with Gasteiger partial charge < -0.3 is 29.4 Å². The van der Waals surface area contributed by atoms with E-state index in [2.05, 4.69) is 5.32 Å². The number of methoxy groups -OCH3 is 2. The third-order valence-corrected chi connectivity index (χ3v) is 4.16. The monoisotopic (exact) mass is 261 g/mol. The first-order chi connectivity index (χ1) is 8.49. The lowest BCUT2D eigenvalue weighted by molar-refractivity contribution is -0.454. The third-order valence-electron chi connectivity index (χ3n) is 4.16. The highest BCUT2D eigenvalue weighted by atomic mass is 16.8. The zero-order valence-corrected chi connectivity index (χ0v) is 11.4. The largest absolute Gasteiger partial charge is 0.396 e. The van der Waals surface area contributed by atoms with Crippen LogP contribution in [0.25, 0.3) is 0 Å². The Kier molecular flexibility index (Phi) is 3.96. The summed E-state index contributed by atoms with van der Waals surface area (Å²) in [5.74, 6) is -1.96. The molecule has 5 unspecified atom stereocenters. The average molecular weight is 261 g/mol. The Morgan fingerprint density at radius 1 is 1.17 bits per heavy atom. The van der Waals surface area contributed by atoms with Crippen LogP contribution in [-0.4, -0.2) is 62.8 Å². The van der Waals surface area contributed by atoms with Crippen LogP contribution in [0, 0.1) is 5.92 Å². The maximum Gasteiger partial charge on any atom is 0.220 e. The number of rotatable bonds is 3. The lowest BCUT2D eigenvalue weighted by atomic mass is 9.91. The van der Waals surface area contributed by atoms with Gasteiger partial charge in [-0.3, -0.25) is 0 Å². The van der Waals surface area contributed by atoms with Crippen molar-refractivity contribution in [2.45, 2.75) is 37.6 Å². The van der Waals surface area contributed by atoms with E-state index in [1.54, 1.807) is 28.1 Å². The highest BCUT2D eigenvalue weighted by molar-refractivity contribution is 4.96. The van der Waals surface area contributed by atoms with E-state index in [1.807, 2.05) is 0 Å². The van der Waals surface area contributed by atoms with Crippen molar-refractivity contribution in [3.05, 3.63) is 0 Å². The molecule has 2 aliphatic rings. The van der Waals surface area contributed by atoms with Gasteiger partial charge in [0, 0.05) is 39.8 Å². The molecule has 18 heavy (non-hydrogen) atoms. The van der Waals surface area contributed by atoms with E-state index in [1.165, 1.54) is 0 Å². The van der Waals surface area contributed by atoms with E-state index in [-0.39, 0.29) is 24.7 Å². The Balaban J connectivity index is 2.24. The molecule has 0 aromatic heterocycles. The molecule has 0 aromatic rings. The van der Waals surface area contributed by atoms with Crippen LogP contribution < -0.4 is 5.32 Å². The minimum atomic E-state index is -0.992. The normalized spacial score (nSPS) is 48.8. The molecule has 2 rings (SSSR count). The Morgan fingerprint density at radius 3 is 2.33 bits per heavy atom. The molecule has 2 heterocycles. The van der Waals surface area contributed by atoms with Crippen molar-refractivity contribution in [2.75, 3.05) is 33.9 Å². The second-order valence-corrected chi connectivity index (χ2v) is 5.14. The van der Waals surface area contributed by atoms with Crippen LogP contribution in [-0.2, 0) is 18.9 Å². The Labute approximate surface area is 108 Å². The first kappa shape index (κ1) is 14.2. The summed E-state index contributed by atoms with van der Waals surface area (Å²) in [6.07, 6.45) is -0.339. The Bertz CT molecular complexity index is 302. The second-order valence-electron chi connectivity index (χ2n) is 5.14. The number of aliphatic hydroxyl groups excluding tert-OH is 1. The summed E-state index contributed by atoms with van der Waals surface area (Å²) < 4.78 is 23.0. The van der Waals surface area contributed by atoms with Gasteiger partial charge in [-0.1, -0.05) is 0 Å². The van der Waals surface area contributed by atoms with Crippen LogP contribution in [0.3, 0.4) is 0 Å². The van der Waals surface area contributed by atoms with Gasteiger partial charge in [-0.15, -0.1) is 0 Å². The number of ether oxygens (including phenoxy) is 4. The molecular weight excluding hydrogens is 238 g/mol. The molecule has 6 nitrogen and oxygen atoms in total. The van der Waals surface area contributed by atoms with Crippen molar-refractivity contribution in [3.63, 3.8) is 0 Å². The van der Waals surface area contributed by atoms with Crippen LogP contribution in [0.2, 0.25) is 0 Å². The SMILES string of the molecule is COC1(C)OC2CNCC(CO)C2OC1(C)OC. The molecule has 0 spiro atoms. The van der Waals surface area contributed by atoms with Crippen molar-refractivity contribution in [2.24, 2.45) is 5.92 Å². The highest BCUT2D eigenvalue weighted by Crippen LogP contribution is 2.41. The molecule has 6 heteroatoms. The fraction of sp³-hybridized carbons (Fsp3) is 1.00. The summed E-state index contributed by atoms with van der Waals surface area (Å²) in [6.45, 7) is 5.05. The molecule has 2 saturated heterocycles. The van der Waals surface area contributed by atoms with Crippen LogP contribution in [0.4, 0.5) is 0 Å². The molecule has 0 aromatic carbocycles. The molecule has 0 aliphatic carbocycles. The maximum atomic E-state index is 9.41. The molecule has 2 fully saturated rings. The minimum absolute atomic E-state index is 0.000342. The number of fused-ring (bicyclic) bond motifs is 1. The standard InChI is InChI=1S/C12H23NO5/c1-11(15-3)12(2,16-4)18-10-8(7-14)5-13-6-9(10)17-11/h8-10,13-14H,5-7H2,1-4H3. The molecular formula is C12H23NO5. The zero-order chi connectivity index (χ0) is 13.4. The van der Waals surface area contributed by atoms with Crippen molar-refractivity contribution in [1.82, 2.24) is 5.32 Å². The topological polar surface area (TPSA) is 69.2 Å². The summed E-state index contributed by atoms with van der Waals surface area (Å²) in [5.41, 5.74) is 0. The van der Waals surface area contributed by atoms with Gasteiger partial charge in [0.25, 0.3) is 0 Å². The quantitative estimate of drug-likeness (QED) is 0.727. The van der Waals surface area contributed by atoms with Gasteiger partial charge in [0.05, 0.1) is 6.10 Å². The van der Waals surface area contributed by atoms with E-state index < -0.39 is 11.6 Å². The smallest absolute Gasteiger partial charge is 0.220 e. The van der Waals surface area contributed by atoms with Gasteiger partial charge >= 0.3 is 0 Å². The van der Waals surface area contributed by atoms with Crippen LogP contribution >= 0.6 is 0 Å². The third kappa shape index (κ3) is 2.07. The Morgan fingerprint density at radius 2 is 1.78 bits per heavy atom. The first-order valence-electron chi connectivity index (χ1n) is 6.27. The van der Waals surface area contributed by atoms with Gasteiger partial charge in [-0.05, 0) is 13.8 Å². The zero-order valence-electron chi connectivity index (χ0n) is 11.4. The number of piperidine rings is 1. The first-order valence-corrected chi connectivity index (χ1v) is 6.27. The minimum Gasteiger partial charge on any atom is -0.396 e. The average Bonchev–Trinajstić information content (AvgIpc) is 2.39. The van der Waals surface area contributed by atoms with E-state index in [0.29, 0.717) is 13.1 Å². The molecule has 2 aliphatic heterocycles. The van der Waals surface area contributed by atoms with E-state index in [9.17, 15) is 5.11 Å². The lowest BCUT2D eigenvalue weighted by Crippen LogP contribution is -2.70. The van der Waals surface area contributed by atoms with E-state index in [0.717, 1.165) is 0 Å². The van der Waals surface area contributed by atoms with E-state index >= 15 is 0 Å². The Hall–Kier alpha value is -0.240. The van der Waals surface area contributed by atoms with Crippen LogP contribution in [0.15, 0.2) is 0 Å². The second kappa shape index (κ2) is 5.03. The van der Waals surface area contributed by atoms with Gasteiger partial charge in [0.2, 0.25) is 11.6 Å². The van der Waals surface area contributed by atoms with Gasteiger partial charge in [-0.2, -0.15) is 0 Å². The lowest BCUT2D eigenvalue weighted by Gasteiger charge is -2.54. The van der Waals surface area contributed by atoms with Crippen molar-refractivity contribution in [1.29, 1.82) is 0 Å². The fourth-order valence-electron chi connectivity index (χ4n) is 2.63. The summed E-state index contributed by atoms with van der Waals surface area (Å²) in [7, 11) is 3.14. The van der Waals surface area contributed by atoms with Gasteiger partial charge in [0.15, 0.2) is 0 Å². The molecule has 0 radical (unpaired) electrons. The van der Waals surface area contributed by atoms with Crippen LogP contribution in [0.5, 0.6) is 0 Å². The summed E-state index contributed by atoms with van der Waals surface area (Å²) in [4.78, 5) is 0. The number of hydrogen-bond donors (Lipinski definition) is 2. The van der Waals surface area contributed by atoms with Gasteiger partial charge in [-0.25, -0.2) is 0 Å². The van der Waals surface area contributed by atoms with Crippen molar-refractivity contribution < 1.29 is 24.1 Å². The number of aliphatic hydroxyl groups is 1. The highest BCUT2D eigenvalue weighted by Gasteiger charge is 2.58. The predicted octanol–water partition coefficient (Wildman–Crippen LogP) is -0.293. The molecule has 0 saturated carbocycles.